The number of hydrogen-bond acceptors (Lipinski definition) is 6. The van der Waals surface area contributed by atoms with E-state index in [4.69, 9.17) is 0 Å². The lowest BCUT2D eigenvalue weighted by atomic mass is 10.0. The zero-order chi connectivity index (χ0) is 13.1. The first-order valence-corrected chi connectivity index (χ1v) is 7.22. The number of thioether (sulfide) groups is 1. The third kappa shape index (κ3) is 2.61. The number of nitrogens with zero attached hydrogens (tertiary/aromatic N) is 4. The molecule has 1 aliphatic rings. The molecular formula is C12H8N4OS2. The summed E-state index contributed by atoms with van der Waals surface area (Å²) in [5.41, 5.74) is 0.934. The molecule has 3 rings (SSSR count). The van der Waals surface area contributed by atoms with Crippen LogP contribution in [0.2, 0.25) is 0 Å². The summed E-state index contributed by atoms with van der Waals surface area (Å²) in [6.07, 6.45) is 4.94. The van der Waals surface area contributed by atoms with Crippen LogP contribution in [-0.2, 0) is 4.79 Å². The lowest BCUT2D eigenvalue weighted by molar-refractivity contribution is -0.119. The Balaban J connectivity index is 1.91. The number of amides is 1. The van der Waals surface area contributed by atoms with Gasteiger partial charge in [-0.15, -0.1) is 5.11 Å². The number of rotatable bonds is 3. The second kappa shape index (κ2) is 5.41. The van der Waals surface area contributed by atoms with Gasteiger partial charge in [0.05, 0.1) is 6.20 Å². The third-order valence-electron chi connectivity index (χ3n) is 2.50. The van der Waals surface area contributed by atoms with E-state index in [-0.39, 0.29) is 5.91 Å². The number of hydrogen-bond donors (Lipinski definition) is 0. The van der Waals surface area contributed by atoms with Crippen molar-refractivity contribution in [3.63, 3.8) is 0 Å². The Hall–Kier alpha value is -1.86. The summed E-state index contributed by atoms with van der Waals surface area (Å²) in [5, 5.41) is 11.8. The van der Waals surface area contributed by atoms with Crippen molar-refractivity contribution in [3.8, 4) is 0 Å². The lowest BCUT2D eigenvalue weighted by Crippen LogP contribution is -2.13. The molecule has 0 saturated heterocycles. The Labute approximate surface area is 117 Å². The molecule has 0 aliphatic carbocycles. The molecule has 7 heteroatoms. The number of thiophene rings is 1. The van der Waals surface area contributed by atoms with Crippen LogP contribution in [0.15, 0.2) is 61.8 Å². The Kier molecular flexibility index (Phi) is 3.47. The van der Waals surface area contributed by atoms with Gasteiger partial charge in [-0.1, -0.05) is 11.8 Å². The monoisotopic (exact) mass is 288 g/mol. The maximum atomic E-state index is 11.9. The molecule has 0 spiro atoms. The second-order valence-electron chi connectivity index (χ2n) is 3.71. The van der Waals surface area contributed by atoms with Crippen molar-refractivity contribution in [2.75, 3.05) is 0 Å². The van der Waals surface area contributed by atoms with Crippen molar-refractivity contribution in [1.82, 2.24) is 9.97 Å². The van der Waals surface area contributed by atoms with Crippen molar-refractivity contribution < 1.29 is 4.79 Å². The average molecular weight is 288 g/mol. The molecule has 5 nitrogen and oxygen atoms in total. The van der Waals surface area contributed by atoms with Crippen molar-refractivity contribution in [1.29, 1.82) is 0 Å². The first kappa shape index (κ1) is 12.2. The highest BCUT2D eigenvalue weighted by molar-refractivity contribution is 8.03. The standard InChI is InChI=1S/C12H8N4OS2/c17-11-10(8-2-5-18-7-8)9(6-15-16-11)19-12-13-3-1-4-14-12/h1-7,10H. The maximum absolute atomic E-state index is 11.9. The number of carbonyl (C=O) groups excluding carboxylic acids is 1. The number of aromatic nitrogens is 2. The Morgan fingerprint density at radius 2 is 2.11 bits per heavy atom. The molecule has 1 amide bonds. The van der Waals surface area contributed by atoms with E-state index in [9.17, 15) is 4.79 Å². The van der Waals surface area contributed by atoms with Crippen LogP contribution in [0.1, 0.15) is 11.5 Å². The predicted octanol–water partition coefficient (Wildman–Crippen LogP) is 3.25. The normalized spacial score (nSPS) is 18.4. The molecule has 94 valence electrons. The topological polar surface area (TPSA) is 67.6 Å². The molecule has 0 bridgehead atoms. The summed E-state index contributed by atoms with van der Waals surface area (Å²) in [5.74, 6) is -0.642. The molecule has 2 aromatic rings. The van der Waals surface area contributed by atoms with E-state index in [1.54, 1.807) is 36.0 Å². The molecule has 1 atom stereocenters. The molecule has 0 radical (unpaired) electrons. The fourth-order valence-corrected chi connectivity index (χ4v) is 3.25. The van der Waals surface area contributed by atoms with Crippen molar-refractivity contribution in [2.24, 2.45) is 10.2 Å². The highest BCUT2D eigenvalue weighted by Crippen LogP contribution is 2.39. The number of azo groups is 1. The van der Waals surface area contributed by atoms with Gasteiger partial charge in [0.15, 0.2) is 5.16 Å². The van der Waals surface area contributed by atoms with Gasteiger partial charge in [0, 0.05) is 17.3 Å². The minimum atomic E-state index is -0.391. The summed E-state index contributed by atoms with van der Waals surface area (Å²) in [7, 11) is 0. The van der Waals surface area contributed by atoms with Crippen LogP contribution in [-0.4, -0.2) is 15.9 Å². The molecule has 0 N–H and O–H groups in total. The van der Waals surface area contributed by atoms with Gasteiger partial charge in [0.2, 0.25) is 0 Å². The van der Waals surface area contributed by atoms with E-state index in [2.05, 4.69) is 20.2 Å². The SMILES string of the molecule is O=C1N=NC=C(Sc2ncccn2)C1c1ccsc1. The van der Waals surface area contributed by atoms with Gasteiger partial charge in [0.25, 0.3) is 5.91 Å². The third-order valence-corrected chi connectivity index (χ3v) is 4.17. The summed E-state index contributed by atoms with van der Waals surface area (Å²) >= 11 is 2.89. The van der Waals surface area contributed by atoms with Crippen molar-refractivity contribution in [2.45, 2.75) is 11.1 Å². The van der Waals surface area contributed by atoms with Crippen molar-refractivity contribution >= 4 is 29.0 Å². The van der Waals surface area contributed by atoms with E-state index in [0.29, 0.717) is 5.16 Å². The molecule has 3 heterocycles. The Morgan fingerprint density at radius 1 is 1.26 bits per heavy atom. The van der Waals surface area contributed by atoms with Gasteiger partial charge in [0.1, 0.15) is 5.92 Å². The van der Waals surface area contributed by atoms with E-state index in [1.165, 1.54) is 11.8 Å². The van der Waals surface area contributed by atoms with Crippen molar-refractivity contribution in [3.05, 3.63) is 52.0 Å². The van der Waals surface area contributed by atoms with Gasteiger partial charge in [-0.25, -0.2) is 9.97 Å². The van der Waals surface area contributed by atoms with Crippen LogP contribution in [0.5, 0.6) is 0 Å². The summed E-state index contributed by atoms with van der Waals surface area (Å²) in [6.45, 7) is 0. The van der Waals surface area contributed by atoms with E-state index < -0.39 is 5.92 Å². The first-order chi connectivity index (χ1) is 9.34. The fraction of sp³-hybridized carbons (Fsp3) is 0.0833. The Bertz CT molecular complexity index is 637. The quantitative estimate of drug-likeness (QED) is 0.813. The smallest absolute Gasteiger partial charge is 0.270 e. The second-order valence-corrected chi connectivity index (χ2v) is 5.53. The highest BCUT2D eigenvalue weighted by Gasteiger charge is 2.29. The Morgan fingerprint density at radius 3 is 2.84 bits per heavy atom. The van der Waals surface area contributed by atoms with Crippen LogP contribution in [0.25, 0.3) is 0 Å². The molecule has 1 unspecified atom stereocenters. The summed E-state index contributed by atoms with van der Waals surface area (Å²) in [4.78, 5) is 21.0. The van der Waals surface area contributed by atoms with E-state index in [1.807, 2.05) is 16.8 Å². The van der Waals surface area contributed by atoms with E-state index >= 15 is 0 Å². The zero-order valence-corrected chi connectivity index (χ0v) is 11.3. The van der Waals surface area contributed by atoms with Gasteiger partial charge in [-0.3, -0.25) is 4.79 Å². The van der Waals surface area contributed by atoms with Crippen LogP contribution in [0.3, 0.4) is 0 Å². The van der Waals surface area contributed by atoms with Crippen LogP contribution >= 0.6 is 23.1 Å². The molecule has 0 fully saturated rings. The zero-order valence-electron chi connectivity index (χ0n) is 9.63. The molecule has 0 aromatic carbocycles. The molecular weight excluding hydrogens is 280 g/mol. The van der Waals surface area contributed by atoms with Gasteiger partial charge in [-0.2, -0.15) is 16.5 Å². The predicted molar refractivity (Wildman–Crippen MR) is 72.9 cm³/mol. The van der Waals surface area contributed by atoms with Gasteiger partial charge >= 0.3 is 0 Å². The van der Waals surface area contributed by atoms with E-state index in [0.717, 1.165) is 10.5 Å². The fourth-order valence-electron chi connectivity index (χ4n) is 1.67. The lowest BCUT2D eigenvalue weighted by Gasteiger charge is -2.16. The largest absolute Gasteiger partial charge is 0.277 e. The van der Waals surface area contributed by atoms with Gasteiger partial charge < -0.3 is 0 Å². The van der Waals surface area contributed by atoms with Gasteiger partial charge in [-0.05, 0) is 28.5 Å². The minimum absolute atomic E-state index is 0.251. The summed E-state index contributed by atoms with van der Waals surface area (Å²) < 4.78 is 0. The average Bonchev–Trinajstić information content (AvgIpc) is 2.94. The molecule has 1 aliphatic heterocycles. The molecule has 2 aromatic heterocycles. The minimum Gasteiger partial charge on any atom is -0.270 e. The van der Waals surface area contributed by atoms with Crippen LogP contribution in [0, 0.1) is 0 Å². The highest BCUT2D eigenvalue weighted by atomic mass is 32.2. The van der Waals surface area contributed by atoms with Crippen LogP contribution in [0.4, 0.5) is 0 Å². The van der Waals surface area contributed by atoms with Crippen LogP contribution < -0.4 is 0 Å². The summed E-state index contributed by atoms with van der Waals surface area (Å²) in [6, 6.07) is 3.68. The molecule has 0 saturated carbocycles. The molecule has 19 heavy (non-hydrogen) atoms. The number of carbonyl (C=O) groups is 1. The first-order valence-electron chi connectivity index (χ1n) is 5.46. The maximum Gasteiger partial charge on any atom is 0.277 e.